The first-order valence-electron chi connectivity index (χ1n) is 15.3. The van der Waals surface area contributed by atoms with Gasteiger partial charge in [-0.05, 0) is 25.2 Å². The van der Waals surface area contributed by atoms with Gasteiger partial charge < -0.3 is 5.11 Å². The summed E-state index contributed by atoms with van der Waals surface area (Å²) >= 11 is 0. The van der Waals surface area contributed by atoms with Crippen LogP contribution in [0.3, 0.4) is 0 Å². The van der Waals surface area contributed by atoms with Crippen LogP contribution >= 0.6 is 0 Å². The maximum absolute atomic E-state index is 12.4. The van der Waals surface area contributed by atoms with Crippen LogP contribution in [0.2, 0.25) is 0 Å². The van der Waals surface area contributed by atoms with Gasteiger partial charge in [-0.15, -0.1) is 0 Å². The van der Waals surface area contributed by atoms with E-state index in [0.29, 0.717) is 5.92 Å². The molecule has 1 N–H and O–H groups in total. The Hall–Kier alpha value is -0.530. The molecule has 2 heteroatoms. The molecule has 0 bridgehead atoms. The lowest BCUT2D eigenvalue weighted by atomic mass is 9.71. The minimum absolute atomic E-state index is 0.475. The molecule has 0 aromatic rings. The van der Waals surface area contributed by atoms with Crippen LogP contribution < -0.4 is 0 Å². The number of aliphatic carboxylic acids is 1. The van der Waals surface area contributed by atoms with E-state index in [1.807, 2.05) is 0 Å². The van der Waals surface area contributed by atoms with Crippen LogP contribution in [0.5, 0.6) is 0 Å². The molecule has 0 aromatic carbocycles. The molecule has 0 aliphatic rings. The first-order valence-corrected chi connectivity index (χ1v) is 15.3. The highest BCUT2D eigenvalue weighted by molar-refractivity contribution is 5.74. The molecule has 2 nitrogen and oxygen atoms in total. The molecule has 0 rings (SSSR count). The van der Waals surface area contributed by atoms with Gasteiger partial charge in [0.25, 0.3) is 0 Å². The summed E-state index contributed by atoms with van der Waals surface area (Å²) in [6.45, 7) is 9.01. The highest BCUT2D eigenvalue weighted by atomic mass is 16.4. The van der Waals surface area contributed by atoms with E-state index in [0.717, 1.165) is 38.5 Å². The monoisotopic (exact) mass is 466 g/mol. The van der Waals surface area contributed by atoms with Gasteiger partial charge in [-0.3, -0.25) is 4.79 Å². The molecule has 33 heavy (non-hydrogen) atoms. The highest BCUT2D eigenvalue weighted by Crippen LogP contribution is 2.39. The summed E-state index contributed by atoms with van der Waals surface area (Å²) in [6, 6.07) is 0. The van der Waals surface area contributed by atoms with Crippen LogP contribution in [0.4, 0.5) is 0 Å². The number of hydrogen-bond donors (Lipinski definition) is 1. The molecule has 198 valence electrons. The first-order chi connectivity index (χ1) is 16.0. The molecule has 0 aromatic heterocycles. The normalized spacial score (nSPS) is 14.3. The van der Waals surface area contributed by atoms with Gasteiger partial charge in [-0.2, -0.15) is 0 Å². The summed E-state index contributed by atoms with van der Waals surface area (Å²) < 4.78 is 0. The van der Waals surface area contributed by atoms with Gasteiger partial charge in [0.15, 0.2) is 0 Å². The van der Waals surface area contributed by atoms with E-state index >= 15 is 0 Å². The first kappa shape index (κ1) is 32.5. The number of hydrogen-bond acceptors (Lipinski definition) is 1. The van der Waals surface area contributed by atoms with Crippen LogP contribution in [0.1, 0.15) is 182 Å². The quantitative estimate of drug-likeness (QED) is 0.129. The van der Waals surface area contributed by atoms with Crippen molar-refractivity contribution in [2.45, 2.75) is 182 Å². The summed E-state index contributed by atoms with van der Waals surface area (Å²) in [5.74, 6) is 0.00695. The van der Waals surface area contributed by atoms with Crippen LogP contribution in [0.15, 0.2) is 0 Å². The number of carboxylic acids is 1. The van der Waals surface area contributed by atoms with Gasteiger partial charge in [0.2, 0.25) is 0 Å². The third kappa shape index (κ3) is 18.5. The van der Waals surface area contributed by atoms with E-state index in [1.54, 1.807) is 0 Å². The smallest absolute Gasteiger partial charge is 0.309 e. The van der Waals surface area contributed by atoms with E-state index in [4.69, 9.17) is 0 Å². The molecule has 0 saturated heterocycles. The van der Waals surface area contributed by atoms with Crippen molar-refractivity contribution in [2.24, 2.45) is 11.3 Å². The molecule has 2 unspecified atom stereocenters. The van der Waals surface area contributed by atoms with Crippen molar-refractivity contribution in [1.29, 1.82) is 0 Å². The molecule has 0 heterocycles. The van der Waals surface area contributed by atoms with Crippen LogP contribution in [0, 0.1) is 11.3 Å². The molecule has 0 aliphatic heterocycles. The lowest BCUT2D eigenvalue weighted by Gasteiger charge is -2.32. The second kappa shape index (κ2) is 23.2. The predicted molar refractivity (Wildman–Crippen MR) is 147 cm³/mol. The summed E-state index contributed by atoms with van der Waals surface area (Å²) in [5.41, 5.74) is -0.475. The minimum atomic E-state index is -0.522. The zero-order valence-corrected chi connectivity index (χ0v) is 23.4. The minimum Gasteiger partial charge on any atom is -0.481 e. The van der Waals surface area contributed by atoms with Gasteiger partial charge in [0.05, 0.1) is 5.41 Å². The summed E-state index contributed by atoms with van der Waals surface area (Å²) in [4.78, 5) is 12.4. The van der Waals surface area contributed by atoms with E-state index in [-0.39, 0.29) is 0 Å². The van der Waals surface area contributed by atoms with Crippen molar-refractivity contribution >= 4 is 5.97 Å². The van der Waals surface area contributed by atoms with Crippen molar-refractivity contribution in [3.05, 3.63) is 0 Å². The van der Waals surface area contributed by atoms with Gasteiger partial charge >= 0.3 is 5.97 Å². The van der Waals surface area contributed by atoms with E-state index in [9.17, 15) is 9.90 Å². The van der Waals surface area contributed by atoms with Gasteiger partial charge in [-0.25, -0.2) is 0 Å². The summed E-state index contributed by atoms with van der Waals surface area (Å²) in [5, 5.41) is 10.2. The molecular formula is C31H62O2. The third-order valence-electron chi connectivity index (χ3n) is 7.76. The Labute approximate surface area is 209 Å². The van der Waals surface area contributed by atoms with Crippen molar-refractivity contribution in [1.82, 2.24) is 0 Å². The molecule has 0 spiro atoms. The molecule has 0 fully saturated rings. The summed E-state index contributed by atoms with van der Waals surface area (Å²) in [6.07, 6.45) is 30.1. The van der Waals surface area contributed by atoms with Crippen molar-refractivity contribution < 1.29 is 9.90 Å². The standard InChI is InChI=1S/C31H62O2/c1-5-8-11-13-14-15-16-17-18-19-20-21-22-24-27-31(30(32)33,26-10-7-3)28-29(4)25-23-12-9-6-2/h29H,5-28H2,1-4H3,(H,32,33). The Morgan fingerprint density at radius 1 is 0.576 bits per heavy atom. The van der Waals surface area contributed by atoms with Crippen molar-refractivity contribution in [3.8, 4) is 0 Å². The maximum atomic E-state index is 12.4. The molecule has 0 amide bonds. The average molecular weight is 467 g/mol. The molecule has 0 radical (unpaired) electrons. The zero-order chi connectivity index (χ0) is 24.6. The fourth-order valence-electron chi connectivity index (χ4n) is 5.49. The fourth-order valence-corrected chi connectivity index (χ4v) is 5.49. The van der Waals surface area contributed by atoms with Gasteiger partial charge in [-0.1, -0.05) is 163 Å². The van der Waals surface area contributed by atoms with Crippen molar-refractivity contribution in [3.63, 3.8) is 0 Å². The lowest BCUT2D eigenvalue weighted by molar-refractivity contribution is -0.151. The zero-order valence-electron chi connectivity index (χ0n) is 23.4. The topological polar surface area (TPSA) is 37.3 Å². The Bertz CT molecular complexity index is 419. The Morgan fingerprint density at radius 2 is 0.939 bits per heavy atom. The van der Waals surface area contributed by atoms with E-state index in [1.165, 1.54) is 116 Å². The molecule has 0 saturated carbocycles. The van der Waals surface area contributed by atoms with E-state index in [2.05, 4.69) is 27.7 Å². The summed E-state index contributed by atoms with van der Waals surface area (Å²) in [7, 11) is 0. The number of carbonyl (C=O) groups is 1. The van der Waals surface area contributed by atoms with Crippen LogP contribution in [0.25, 0.3) is 0 Å². The second-order valence-corrected chi connectivity index (χ2v) is 11.2. The Balaban J connectivity index is 4.09. The largest absolute Gasteiger partial charge is 0.481 e. The van der Waals surface area contributed by atoms with Crippen LogP contribution in [-0.2, 0) is 4.79 Å². The maximum Gasteiger partial charge on any atom is 0.309 e. The second-order valence-electron chi connectivity index (χ2n) is 11.2. The fraction of sp³-hybridized carbons (Fsp3) is 0.968. The van der Waals surface area contributed by atoms with E-state index < -0.39 is 11.4 Å². The number of unbranched alkanes of at least 4 members (excludes halogenated alkanes) is 17. The number of carboxylic acid groups (broad SMARTS) is 1. The van der Waals surface area contributed by atoms with Gasteiger partial charge in [0.1, 0.15) is 0 Å². The Kier molecular flexibility index (Phi) is 22.9. The number of rotatable bonds is 26. The molecule has 0 aliphatic carbocycles. The van der Waals surface area contributed by atoms with Crippen LogP contribution in [-0.4, -0.2) is 11.1 Å². The third-order valence-corrected chi connectivity index (χ3v) is 7.76. The lowest BCUT2D eigenvalue weighted by Crippen LogP contribution is -2.33. The Morgan fingerprint density at radius 3 is 1.36 bits per heavy atom. The molecular weight excluding hydrogens is 404 g/mol. The SMILES string of the molecule is CCCCCCCCCCCCCCCCC(CCCC)(CC(C)CCCCCC)C(=O)O. The molecule has 2 atom stereocenters. The average Bonchev–Trinajstić information content (AvgIpc) is 2.80. The predicted octanol–water partition coefficient (Wildman–Crippen LogP) is 11.1. The highest BCUT2D eigenvalue weighted by Gasteiger charge is 2.38. The van der Waals surface area contributed by atoms with Gasteiger partial charge in [0, 0.05) is 0 Å². The van der Waals surface area contributed by atoms with Crippen molar-refractivity contribution in [2.75, 3.05) is 0 Å².